The third-order valence-electron chi connectivity index (χ3n) is 3.36. The quantitative estimate of drug-likeness (QED) is 0.666. The van der Waals surface area contributed by atoms with Crippen LogP contribution in [0.2, 0.25) is 0 Å². The predicted octanol–water partition coefficient (Wildman–Crippen LogP) is 3.77. The second-order valence-electron chi connectivity index (χ2n) is 5.01. The molecule has 0 fully saturated rings. The van der Waals surface area contributed by atoms with E-state index in [4.69, 9.17) is 0 Å². The van der Waals surface area contributed by atoms with Crippen LogP contribution in [0.5, 0.6) is 0 Å². The Labute approximate surface area is 153 Å². The van der Waals surface area contributed by atoms with Gasteiger partial charge in [0.05, 0.1) is 23.5 Å². The lowest BCUT2D eigenvalue weighted by Gasteiger charge is -2.11. The normalized spacial score (nSPS) is 11.3. The van der Waals surface area contributed by atoms with Crippen molar-refractivity contribution in [2.45, 2.75) is 11.8 Å². The Kier molecular flexibility index (Phi) is 4.89. The molecule has 3 aromatic rings. The molecule has 0 bridgehead atoms. The number of hydrogen-bond acceptors (Lipinski definition) is 7. The van der Waals surface area contributed by atoms with Crippen LogP contribution in [-0.4, -0.2) is 26.5 Å². The minimum atomic E-state index is -3.94. The molecular weight excluding hydrogens is 380 g/mol. The number of aryl methyl sites for hydroxylation is 1. The number of nitrogens with one attached hydrogen (secondary N) is 1. The highest BCUT2D eigenvalue weighted by Gasteiger charge is 2.25. The van der Waals surface area contributed by atoms with E-state index in [1.165, 1.54) is 29.9 Å². The lowest BCUT2D eigenvalue weighted by Crippen LogP contribution is -2.16. The summed E-state index contributed by atoms with van der Waals surface area (Å²) in [5.41, 5.74) is 1.76. The lowest BCUT2D eigenvalue weighted by atomic mass is 10.1. The number of carbonyl (C=O) groups excluding carboxylic acids is 1. The second-order valence-corrected chi connectivity index (χ2v) is 8.64. The number of hydrogen-bond donors (Lipinski definition) is 1. The first-order valence-electron chi connectivity index (χ1n) is 7.12. The number of esters is 1. The van der Waals surface area contributed by atoms with Crippen LogP contribution in [0, 0.1) is 6.92 Å². The molecule has 130 valence electrons. The Morgan fingerprint density at radius 3 is 2.64 bits per heavy atom. The highest BCUT2D eigenvalue weighted by atomic mass is 32.2. The van der Waals surface area contributed by atoms with Gasteiger partial charge in [0.15, 0.2) is 0 Å². The molecule has 25 heavy (non-hydrogen) atoms. The van der Waals surface area contributed by atoms with Crippen molar-refractivity contribution in [1.82, 2.24) is 4.98 Å². The summed E-state index contributed by atoms with van der Waals surface area (Å²) in [6, 6.07) is 8.38. The van der Waals surface area contributed by atoms with E-state index in [1.54, 1.807) is 18.2 Å². The number of anilines is 1. The minimum Gasteiger partial charge on any atom is -0.465 e. The van der Waals surface area contributed by atoms with Crippen LogP contribution < -0.4 is 4.72 Å². The van der Waals surface area contributed by atoms with Gasteiger partial charge in [0.25, 0.3) is 10.0 Å². The van der Waals surface area contributed by atoms with E-state index in [0.29, 0.717) is 16.9 Å². The maximum atomic E-state index is 12.8. The van der Waals surface area contributed by atoms with Gasteiger partial charge in [0, 0.05) is 10.9 Å². The summed E-state index contributed by atoms with van der Waals surface area (Å²) in [6.07, 6.45) is 0. The Morgan fingerprint density at radius 1 is 1.20 bits per heavy atom. The molecular formula is C16H14N2O4S3. The third kappa shape index (κ3) is 3.58. The van der Waals surface area contributed by atoms with Crippen molar-refractivity contribution >= 4 is 44.4 Å². The minimum absolute atomic E-state index is 0.0389. The first-order valence-corrected chi connectivity index (χ1v) is 10.4. The topological polar surface area (TPSA) is 85.4 Å². The van der Waals surface area contributed by atoms with Crippen molar-refractivity contribution < 1.29 is 17.9 Å². The number of nitrogens with zero attached hydrogens (tertiary/aromatic N) is 1. The van der Waals surface area contributed by atoms with Crippen molar-refractivity contribution in [2.75, 3.05) is 11.8 Å². The molecule has 2 aromatic heterocycles. The van der Waals surface area contributed by atoms with Gasteiger partial charge in [-0.3, -0.25) is 4.72 Å². The van der Waals surface area contributed by atoms with Gasteiger partial charge >= 0.3 is 5.97 Å². The molecule has 0 unspecified atom stereocenters. The van der Waals surface area contributed by atoms with Gasteiger partial charge in [-0.15, -0.1) is 22.7 Å². The molecule has 3 rings (SSSR count). The summed E-state index contributed by atoms with van der Waals surface area (Å²) < 4.78 is 32.7. The zero-order valence-electron chi connectivity index (χ0n) is 13.3. The molecule has 2 heterocycles. The Hall–Kier alpha value is -2.23. The molecule has 0 radical (unpaired) electrons. The Balaban J connectivity index is 2.01. The van der Waals surface area contributed by atoms with Crippen LogP contribution in [0.25, 0.3) is 11.3 Å². The first-order chi connectivity index (χ1) is 11.9. The van der Waals surface area contributed by atoms with Crippen molar-refractivity contribution in [3.05, 3.63) is 51.0 Å². The molecule has 0 spiro atoms. The summed E-state index contributed by atoms with van der Waals surface area (Å²) in [5.74, 6) is -0.682. The van der Waals surface area contributed by atoms with Crippen molar-refractivity contribution in [1.29, 1.82) is 0 Å². The van der Waals surface area contributed by atoms with Gasteiger partial charge in [-0.2, -0.15) is 0 Å². The van der Waals surface area contributed by atoms with Crippen molar-refractivity contribution in [2.24, 2.45) is 0 Å². The summed E-state index contributed by atoms with van der Waals surface area (Å²) >= 11 is 2.50. The summed E-state index contributed by atoms with van der Waals surface area (Å²) in [6.45, 7) is 1.88. The SMILES string of the molecule is COC(=O)c1sccc1S(=O)(=O)Nc1ccccc1-c1csc(C)n1. The second kappa shape index (κ2) is 6.95. The van der Waals surface area contributed by atoms with Gasteiger partial charge < -0.3 is 4.74 Å². The number of rotatable bonds is 5. The van der Waals surface area contributed by atoms with Crippen molar-refractivity contribution in [3.8, 4) is 11.3 Å². The smallest absolute Gasteiger partial charge is 0.349 e. The van der Waals surface area contributed by atoms with E-state index in [1.807, 2.05) is 18.4 Å². The number of benzene rings is 1. The molecule has 6 nitrogen and oxygen atoms in total. The first kappa shape index (κ1) is 17.6. The number of para-hydroxylation sites is 1. The van der Waals surface area contributed by atoms with Crippen LogP contribution in [0.15, 0.2) is 46.0 Å². The standard InChI is InChI=1S/C16H14N2O4S3/c1-10-17-13(9-24-10)11-5-3-4-6-12(11)18-25(20,21)14-7-8-23-15(14)16(19)22-2/h3-9,18H,1-2H3. The summed E-state index contributed by atoms with van der Waals surface area (Å²) in [5, 5.41) is 4.29. The van der Waals surface area contributed by atoms with Gasteiger partial charge in [-0.05, 0) is 24.4 Å². The maximum absolute atomic E-state index is 12.8. The van der Waals surface area contributed by atoms with Crippen LogP contribution in [0.3, 0.4) is 0 Å². The van der Waals surface area contributed by atoms with Crippen LogP contribution in [0.4, 0.5) is 5.69 Å². The maximum Gasteiger partial charge on any atom is 0.349 e. The highest BCUT2D eigenvalue weighted by molar-refractivity contribution is 7.93. The molecule has 9 heteroatoms. The highest BCUT2D eigenvalue weighted by Crippen LogP contribution is 2.31. The fraction of sp³-hybridized carbons (Fsp3) is 0.125. The van der Waals surface area contributed by atoms with E-state index in [0.717, 1.165) is 16.3 Å². The number of ether oxygens (including phenoxy) is 1. The number of aromatic nitrogens is 1. The van der Waals surface area contributed by atoms with Crippen LogP contribution >= 0.6 is 22.7 Å². The molecule has 0 aliphatic carbocycles. The fourth-order valence-corrected chi connectivity index (χ4v) is 5.26. The number of methoxy groups -OCH3 is 1. The molecule has 0 aliphatic rings. The van der Waals surface area contributed by atoms with Gasteiger partial charge in [0.1, 0.15) is 9.77 Å². The van der Waals surface area contributed by atoms with Gasteiger partial charge in [-0.25, -0.2) is 18.2 Å². The zero-order valence-corrected chi connectivity index (χ0v) is 15.8. The van der Waals surface area contributed by atoms with Gasteiger partial charge in [-0.1, -0.05) is 18.2 Å². The zero-order chi connectivity index (χ0) is 18.0. The average molecular weight is 394 g/mol. The fourth-order valence-electron chi connectivity index (χ4n) is 2.23. The molecule has 0 aliphatic heterocycles. The summed E-state index contributed by atoms with van der Waals surface area (Å²) in [4.78, 5) is 16.1. The van der Waals surface area contributed by atoms with E-state index in [-0.39, 0.29) is 9.77 Å². The molecule has 0 saturated carbocycles. The van der Waals surface area contributed by atoms with Crippen LogP contribution in [-0.2, 0) is 14.8 Å². The Morgan fingerprint density at radius 2 is 1.96 bits per heavy atom. The van der Waals surface area contributed by atoms with E-state index >= 15 is 0 Å². The molecule has 0 amide bonds. The summed E-state index contributed by atoms with van der Waals surface area (Å²) in [7, 11) is -2.73. The van der Waals surface area contributed by atoms with Crippen LogP contribution in [0.1, 0.15) is 14.7 Å². The molecule has 1 N–H and O–H groups in total. The molecule has 1 aromatic carbocycles. The number of thiophene rings is 1. The van der Waals surface area contributed by atoms with Crippen molar-refractivity contribution in [3.63, 3.8) is 0 Å². The molecule has 0 saturated heterocycles. The number of sulfonamides is 1. The van der Waals surface area contributed by atoms with E-state index in [2.05, 4.69) is 14.4 Å². The lowest BCUT2D eigenvalue weighted by molar-refractivity contribution is 0.0602. The average Bonchev–Trinajstić information content (AvgIpc) is 3.23. The van der Waals surface area contributed by atoms with E-state index in [9.17, 15) is 13.2 Å². The third-order valence-corrected chi connectivity index (χ3v) is 6.56. The predicted molar refractivity (Wildman–Crippen MR) is 98.8 cm³/mol. The Bertz CT molecular complexity index is 1020. The van der Waals surface area contributed by atoms with Gasteiger partial charge in [0.2, 0.25) is 0 Å². The monoisotopic (exact) mass is 394 g/mol. The number of carbonyl (C=O) groups is 1. The largest absolute Gasteiger partial charge is 0.465 e. The van der Waals surface area contributed by atoms with E-state index < -0.39 is 16.0 Å². The number of thiazole rings is 1. The molecule has 0 atom stereocenters.